The average Bonchev–Trinajstić information content (AvgIpc) is 3.15. The lowest BCUT2D eigenvalue weighted by molar-refractivity contribution is 0.111. The third kappa shape index (κ3) is 4.33. The molecule has 1 unspecified atom stereocenters. The number of likely N-dealkylation sites (tertiary alicyclic amines) is 1. The van der Waals surface area contributed by atoms with Crippen LogP contribution in [-0.4, -0.2) is 66.5 Å². The Labute approximate surface area is 175 Å². The lowest BCUT2D eigenvalue weighted by Crippen LogP contribution is -2.38. The summed E-state index contributed by atoms with van der Waals surface area (Å²) in [6.07, 6.45) is 11.2. The van der Waals surface area contributed by atoms with E-state index in [4.69, 9.17) is 9.84 Å². The highest BCUT2D eigenvalue weighted by Crippen LogP contribution is 2.34. The predicted octanol–water partition coefficient (Wildman–Crippen LogP) is 2.21. The molecule has 1 aromatic rings. The van der Waals surface area contributed by atoms with Gasteiger partial charge in [-0.05, 0) is 42.9 Å². The molecular weight excluding hydrogens is 408 g/mol. The number of amides is 1. The van der Waals surface area contributed by atoms with Crippen molar-refractivity contribution in [2.45, 2.75) is 25.3 Å². The van der Waals surface area contributed by atoms with E-state index in [2.05, 4.69) is 9.97 Å². The number of nitrogens with zero attached hydrogens (tertiary/aromatic N) is 4. The van der Waals surface area contributed by atoms with Crippen LogP contribution in [0.4, 0.5) is 10.6 Å². The van der Waals surface area contributed by atoms with Crippen LogP contribution in [-0.2, 0) is 9.84 Å². The Morgan fingerprint density at radius 3 is 2.77 bits per heavy atom. The van der Waals surface area contributed by atoms with E-state index in [1.165, 1.54) is 17.5 Å². The van der Waals surface area contributed by atoms with Crippen molar-refractivity contribution in [2.24, 2.45) is 5.92 Å². The fraction of sp³-hybridized carbons (Fsp3) is 0.450. The second-order valence-electron chi connectivity index (χ2n) is 7.74. The van der Waals surface area contributed by atoms with Crippen molar-refractivity contribution in [1.82, 2.24) is 14.9 Å². The number of fused-ring (bicyclic) bond motifs is 1. The number of carbonyl (C=O) groups is 1. The molecule has 2 aliphatic heterocycles. The molecule has 4 rings (SSSR count). The Bertz CT molecular complexity index is 1030. The molecule has 1 aliphatic carbocycles. The zero-order valence-electron chi connectivity index (χ0n) is 16.6. The summed E-state index contributed by atoms with van der Waals surface area (Å²) in [6, 6.07) is 1.77. The van der Waals surface area contributed by atoms with Gasteiger partial charge in [0.2, 0.25) is 5.88 Å². The molecular formula is C20H24N4O5S. The van der Waals surface area contributed by atoms with Gasteiger partial charge in [-0.25, -0.2) is 23.2 Å². The van der Waals surface area contributed by atoms with Crippen LogP contribution in [0.1, 0.15) is 19.3 Å². The number of hydrogen-bond donors (Lipinski definition) is 1. The maximum atomic E-state index is 11.8. The monoisotopic (exact) mass is 432 g/mol. The van der Waals surface area contributed by atoms with E-state index in [1.54, 1.807) is 18.2 Å². The largest absolute Gasteiger partial charge is 0.477 e. The SMILES string of the molecule is CS(=O)(=O)C1=CCC2C(=C1)C=CN2c1cc(OCC2CCN(C(=O)O)CC2)ncn1. The molecule has 3 aliphatic rings. The number of aromatic nitrogens is 2. The number of hydrogen-bond acceptors (Lipinski definition) is 7. The van der Waals surface area contributed by atoms with Crippen molar-refractivity contribution in [3.05, 3.63) is 47.3 Å². The van der Waals surface area contributed by atoms with Crippen molar-refractivity contribution in [3.63, 3.8) is 0 Å². The number of piperidine rings is 1. The van der Waals surface area contributed by atoms with Crippen LogP contribution in [0, 0.1) is 5.92 Å². The highest BCUT2D eigenvalue weighted by Gasteiger charge is 2.30. The van der Waals surface area contributed by atoms with Crippen LogP contribution in [0.15, 0.2) is 47.3 Å². The maximum Gasteiger partial charge on any atom is 0.407 e. The number of ether oxygens (including phenoxy) is 1. The smallest absolute Gasteiger partial charge is 0.407 e. The molecule has 0 spiro atoms. The van der Waals surface area contributed by atoms with E-state index < -0.39 is 15.9 Å². The molecule has 0 bridgehead atoms. The second-order valence-corrected chi connectivity index (χ2v) is 9.75. The third-order valence-corrected chi connectivity index (χ3v) is 6.81. The van der Waals surface area contributed by atoms with Gasteiger partial charge in [-0.2, -0.15) is 0 Å². The average molecular weight is 433 g/mol. The van der Waals surface area contributed by atoms with Crippen molar-refractivity contribution in [2.75, 3.05) is 30.9 Å². The summed E-state index contributed by atoms with van der Waals surface area (Å²) < 4.78 is 29.5. The number of anilines is 1. The third-order valence-electron chi connectivity index (χ3n) is 5.67. The standard InChI is InChI=1S/C20H24N4O5S/c1-30(27,28)16-2-3-17-15(10-16)6-9-24(17)18-11-19(22-13-21-18)29-12-14-4-7-23(8-5-14)20(25)26/h2,6,9-11,13-14,17H,3-5,7-8,12H2,1H3,(H,25,26). The van der Waals surface area contributed by atoms with Crippen LogP contribution in [0.5, 0.6) is 5.88 Å². The molecule has 1 saturated heterocycles. The molecule has 0 aromatic carbocycles. The second kappa shape index (κ2) is 8.10. The molecule has 10 heteroatoms. The minimum atomic E-state index is -3.23. The summed E-state index contributed by atoms with van der Waals surface area (Å²) in [5.74, 6) is 1.44. The van der Waals surface area contributed by atoms with Crippen molar-refractivity contribution in [1.29, 1.82) is 0 Å². The van der Waals surface area contributed by atoms with Crippen molar-refractivity contribution < 1.29 is 23.1 Å². The first-order valence-corrected chi connectivity index (χ1v) is 11.7. The van der Waals surface area contributed by atoms with E-state index in [9.17, 15) is 13.2 Å². The quantitative estimate of drug-likeness (QED) is 0.753. The van der Waals surface area contributed by atoms with Gasteiger partial charge in [0.15, 0.2) is 9.84 Å². The van der Waals surface area contributed by atoms with Crippen molar-refractivity contribution in [3.8, 4) is 5.88 Å². The first-order chi connectivity index (χ1) is 14.3. The molecule has 30 heavy (non-hydrogen) atoms. The van der Waals surface area contributed by atoms with Crippen LogP contribution in [0.3, 0.4) is 0 Å². The van der Waals surface area contributed by atoms with Gasteiger partial charge in [0, 0.05) is 31.6 Å². The van der Waals surface area contributed by atoms with Gasteiger partial charge in [-0.15, -0.1) is 0 Å². The van der Waals surface area contributed by atoms with Crippen LogP contribution < -0.4 is 9.64 Å². The molecule has 1 atom stereocenters. The minimum Gasteiger partial charge on any atom is -0.477 e. The molecule has 0 saturated carbocycles. The summed E-state index contributed by atoms with van der Waals surface area (Å²) >= 11 is 0. The van der Waals surface area contributed by atoms with Crippen LogP contribution in [0.2, 0.25) is 0 Å². The van der Waals surface area contributed by atoms with Gasteiger partial charge in [0.25, 0.3) is 0 Å². The highest BCUT2D eigenvalue weighted by molar-refractivity contribution is 7.94. The zero-order valence-corrected chi connectivity index (χ0v) is 17.5. The Kier molecular flexibility index (Phi) is 5.50. The lowest BCUT2D eigenvalue weighted by atomic mass is 9.98. The number of carboxylic acid groups (broad SMARTS) is 1. The Hall–Kier alpha value is -2.88. The topological polar surface area (TPSA) is 113 Å². The summed E-state index contributed by atoms with van der Waals surface area (Å²) in [4.78, 5) is 23.3. The zero-order chi connectivity index (χ0) is 21.3. The number of rotatable bonds is 5. The fourth-order valence-corrected chi connectivity index (χ4v) is 4.67. The molecule has 9 nitrogen and oxygen atoms in total. The molecule has 1 aromatic heterocycles. The van der Waals surface area contributed by atoms with E-state index in [-0.39, 0.29) is 12.0 Å². The first-order valence-electron chi connectivity index (χ1n) is 9.82. The maximum absolute atomic E-state index is 11.8. The lowest BCUT2D eigenvalue weighted by Gasteiger charge is -2.29. The summed E-state index contributed by atoms with van der Waals surface area (Å²) in [5.41, 5.74) is 0.934. The minimum absolute atomic E-state index is 0.00130. The van der Waals surface area contributed by atoms with Gasteiger partial charge in [-0.3, -0.25) is 0 Å². The Morgan fingerprint density at radius 2 is 2.07 bits per heavy atom. The van der Waals surface area contributed by atoms with Crippen molar-refractivity contribution >= 4 is 21.7 Å². The summed E-state index contributed by atoms with van der Waals surface area (Å²) in [5, 5.41) is 9.03. The molecule has 1 N–H and O–H groups in total. The molecule has 0 radical (unpaired) electrons. The summed E-state index contributed by atoms with van der Waals surface area (Å²) in [6.45, 7) is 1.53. The van der Waals surface area contributed by atoms with Crippen LogP contribution >= 0.6 is 0 Å². The Morgan fingerprint density at radius 1 is 1.30 bits per heavy atom. The Balaban J connectivity index is 1.38. The van der Waals surface area contributed by atoms with Crippen LogP contribution in [0.25, 0.3) is 0 Å². The first kappa shape index (κ1) is 20.4. The van der Waals surface area contributed by atoms with Gasteiger partial charge in [-0.1, -0.05) is 6.08 Å². The highest BCUT2D eigenvalue weighted by atomic mass is 32.2. The van der Waals surface area contributed by atoms with Gasteiger partial charge >= 0.3 is 6.09 Å². The van der Waals surface area contributed by atoms with Gasteiger partial charge < -0.3 is 19.6 Å². The predicted molar refractivity (Wildman–Crippen MR) is 111 cm³/mol. The molecule has 160 valence electrons. The summed E-state index contributed by atoms with van der Waals surface area (Å²) in [7, 11) is -3.23. The van der Waals surface area contributed by atoms with Gasteiger partial charge in [0.1, 0.15) is 12.1 Å². The van der Waals surface area contributed by atoms with E-state index in [0.29, 0.717) is 42.7 Å². The number of allylic oxidation sites excluding steroid dienone is 1. The number of sulfone groups is 1. The van der Waals surface area contributed by atoms with Gasteiger partial charge in [0.05, 0.1) is 17.6 Å². The van der Waals surface area contributed by atoms with E-state index >= 15 is 0 Å². The van der Waals surface area contributed by atoms with E-state index in [1.807, 2.05) is 17.2 Å². The molecule has 1 fully saturated rings. The normalized spacial score (nSPS) is 21.8. The molecule has 3 heterocycles. The van der Waals surface area contributed by atoms with E-state index in [0.717, 1.165) is 18.4 Å². The molecule has 1 amide bonds. The fourth-order valence-electron chi connectivity index (χ4n) is 3.93.